The van der Waals surface area contributed by atoms with Crippen LogP contribution in [0.3, 0.4) is 0 Å². The van der Waals surface area contributed by atoms with E-state index in [1.807, 2.05) is 60.8 Å². The first kappa shape index (κ1) is 17.4. The van der Waals surface area contributed by atoms with E-state index in [4.69, 9.17) is 16.7 Å². The highest BCUT2D eigenvalue weighted by atomic mass is 35.5. The van der Waals surface area contributed by atoms with Crippen LogP contribution < -0.4 is 5.32 Å². The van der Waals surface area contributed by atoms with Gasteiger partial charge >= 0.3 is 0 Å². The molecule has 2 aromatic carbocycles. The molecule has 0 saturated heterocycles. The SMILES string of the molecule is O=C(Cc1cn(-c2ccccc2)nc1-c1ccc(Cl)cc1)Nc1nncs1. The van der Waals surface area contributed by atoms with E-state index in [1.165, 1.54) is 11.3 Å². The number of aromatic nitrogens is 4. The first-order valence-electron chi connectivity index (χ1n) is 8.15. The summed E-state index contributed by atoms with van der Waals surface area (Å²) in [5, 5.41) is 16.1. The van der Waals surface area contributed by atoms with Crippen LogP contribution in [0.25, 0.3) is 16.9 Å². The third-order valence-corrected chi connectivity index (χ3v) is 4.74. The Kier molecular flexibility index (Phi) is 4.95. The molecule has 134 valence electrons. The van der Waals surface area contributed by atoms with Crippen molar-refractivity contribution in [2.24, 2.45) is 0 Å². The minimum atomic E-state index is -0.172. The Hall–Kier alpha value is -3.03. The molecule has 0 aliphatic carbocycles. The zero-order chi connectivity index (χ0) is 18.6. The van der Waals surface area contributed by atoms with Gasteiger partial charge in [-0.25, -0.2) is 4.68 Å². The number of para-hydroxylation sites is 1. The van der Waals surface area contributed by atoms with Crippen molar-refractivity contribution >= 4 is 34.0 Å². The highest BCUT2D eigenvalue weighted by Crippen LogP contribution is 2.26. The molecule has 2 aromatic heterocycles. The molecule has 1 N–H and O–H groups in total. The van der Waals surface area contributed by atoms with Crippen molar-refractivity contribution in [1.82, 2.24) is 20.0 Å². The minimum absolute atomic E-state index is 0.171. The molecule has 0 fully saturated rings. The summed E-state index contributed by atoms with van der Waals surface area (Å²) in [6, 6.07) is 17.2. The van der Waals surface area contributed by atoms with E-state index in [0.29, 0.717) is 10.2 Å². The number of anilines is 1. The van der Waals surface area contributed by atoms with Crippen LogP contribution in [-0.4, -0.2) is 25.9 Å². The molecule has 0 radical (unpaired) electrons. The van der Waals surface area contributed by atoms with Crippen molar-refractivity contribution in [3.8, 4) is 16.9 Å². The number of nitrogens with zero attached hydrogens (tertiary/aromatic N) is 4. The molecule has 1 amide bonds. The zero-order valence-electron chi connectivity index (χ0n) is 14.0. The van der Waals surface area contributed by atoms with Crippen molar-refractivity contribution in [2.75, 3.05) is 5.32 Å². The third kappa shape index (κ3) is 4.05. The lowest BCUT2D eigenvalue weighted by atomic mass is 10.1. The second-order valence-corrected chi connectivity index (χ2v) is 7.03. The van der Waals surface area contributed by atoms with E-state index in [0.717, 1.165) is 22.5 Å². The number of nitrogens with one attached hydrogen (secondary N) is 1. The lowest BCUT2D eigenvalue weighted by Crippen LogP contribution is -2.14. The summed E-state index contributed by atoms with van der Waals surface area (Å²) in [4.78, 5) is 12.4. The first-order valence-corrected chi connectivity index (χ1v) is 9.41. The van der Waals surface area contributed by atoms with Gasteiger partial charge in [0.1, 0.15) is 5.51 Å². The number of carbonyl (C=O) groups is 1. The molecule has 0 atom stereocenters. The quantitative estimate of drug-likeness (QED) is 0.549. The molecular formula is C19H14ClN5OS. The van der Waals surface area contributed by atoms with Crippen LogP contribution in [-0.2, 0) is 11.2 Å². The molecule has 2 heterocycles. The second kappa shape index (κ2) is 7.69. The lowest BCUT2D eigenvalue weighted by molar-refractivity contribution is -0.115. The van der Waals surface area contributed by atoms with Gasteiger partial charge in [-0.05, 0) is 24.3 Å². The number of hydrogen-bond acceptors (Lipinski definition) is 5. The average molecular weight is 396 g/mol. The van der Waals surface area contributed by atoms with Gasteiger partial charge in [-0.2, -0.15) is 5.10 Å². The molecule has 0 bridgehead atoms. The summed E-state index contributed by atoms with van der Waals surface area (Å²) < 4.78 is 1.78. The van der Waals surface area contributed by atoms with E-state index < -0.39 is 0 Å². The summed E-state index contributed by atoms with van der Waals surface area (Å²) >= 11 is 7.28. The maximum atomic E-state index is 12.4. The van der Waals surface area contributed by atoms with Gasteiger partial charge in [-0.1, -0.05) is 53.3 Å². The highest BCUT2D eigenvalue weighted by Gasteiger charge is 2.16. The number of amides is 1. The molecule has 0 saturated carbocycles. The molecule has 0 spiro atoms. The number of carbonyl (C=O) groups excluding carboxylic acids is 1. The van der Waals surface area contributed by atoms with Gasteiger partial charge in [0.25, 0.3) is 0 Å². The van der Waals surface area contributed by atoms with Crippen molar-refractivity contribution in [3.63, 3.8) is 0 Å². The van der Waals surface area contributed by atoms with Gasteiger partial charge < -0.3 is 5.32 Å². The van der Waals surface area contributed by atoms with Crippen LogP contribution in [0.5, 0.6) is 0 Å². The van der Waals surface area contributed by atoms with Crippen molar-refractivity contribution in [1.29, 1.82) is 0 Å². The molecular weight excluding hydrogens is 382 g/mol. The monoisotopic (exact) mass is 395 g/mol. The Morgan fingerprint density at radius 1 is 1.11 bits per heavy atom. The highest BCUT2D eigenvalue weighted by molar-refractivity contribution is 7.13. The average Bonchev–Trinajstić information content (AvgIpc) is 3.33. The number of rotatable bonds is 5. The molecule has 27 heavy (non-hydrogen) atoms. The van der Waals surface area contributed by atoms with Gasteiger partial charge in [0.05, 0.1) is 17.8 Å². The van der Waals surface area contributed by atoms with Crippen molar-refractivity contribution in [3.05, 3.63) is 76.9 Å². The Bertz CT molecular complexity index is 1050. The predicted octanol–water partition coefficient (Wildman–Crippen LogP) is 4.23. The van der Waals surface area contributed by atoms with Crippen molar-refractivity contribution in [2.45, 2.75) is 6.42 Å². The molecule has 8 heteroatoms. The van der Waals surface area contributed by atoms with Crippen LogP contribution in [0.1, 0.15) is 5.56 Å². The Morgan fingerprint density at radius 2 is 1.89 bits per heavy atom. The van der Waals surface area contributed by atoms with E-state index >= 15 is 0 Å². The topological polar surface area (TPSA) is 72.7 Å². The molecule has 0 unspecified atom stereocenters. The maximum absolute atomic E-state index is 12.4. The lowest BCUT2D eigenvalue weighted by Gasteiger charge is -2.03. The molecule has 4 rings (SSSR count). The van der Waals surface area contributed by atoms with Gasteiger partial charge in [-0.3, -0.25) is 4.79 Å². The number of benzene rings is 2. The first-order chi connectivity index (χ1) is 13.2. The molecule has 0 aliphatic rings. The number of hydrogen-bond donors (Lipinski definition) is 1. The van der Waals surface area contributed by atoms with E-state index in [9.17, 15) is 4.79 Å². The Balaban J connectivity index is 1.68. The maximum Gasteiger partial charge on any atom is 0.230 e. The molecule has 0 aliphatic heterocycles. The van der Waals surface area contributed by atoms with Crippen LogP contribution in [0.2, 0.25) is 5.02 Å². The fourth-order valence-electron chi connectivity index (χ4n) is 2.67. The Morgan fingerprint density at radius 3 is 2.59 bits per heavy atom. The summed E-state index contributed by atoms with van der Waals surface area (Å²) in [6.45, 7) is 0. The van der Waals surface area contributed by atoms with Gasteiger partial charge in [0.15, 0.2) is 0 Å². The number of halogens is 1. The smallest absolute Gasteiger partial charge is 0.230 e. The molecule has 4 aromatic rings. The second-order valence-electron chi connectivity index (χ2n) is 5.76. The van der Waals surface area contributed by atoms with Gasteiger partial charge in [0.2, 0.25) is 11.0 Å². The third-order valence-electron chi connectivity index (χ3n) is 3.89. The van der Waals surface area contributed by atoms with Gasteiger partial charge in [0, 0.05) is 22.3 Å². The summed E-state index contributed by atoms with van der Waals surface area (Å²) in [7, 11) is 0. The van der Waals surface area contributed by atoms with Crippen LogP contribution in [0.15, 0.2) is 66.3 Å². The predicted molar refractivity (Wildman–Crippen MR) is 106 cm³/mol. The fourth-order valence-corrected chi connectivity index (χ4v) is 3.25. The van der Waals surface area contributed by atoms with Crippen molar-refractivity contribution < 1.29 is 4.79 Å². The van der Waals surface area contributed by atoms with Gasteiger partial charge in [-0.15, -0.1) is 10.2 Å². The summed E-state index contributed by atoms with van der Waals surface area (Å²) in [5.41, 5.74) is 4.93. The fraction of sp³-hybridized carbons (Fsp3) is 0.0526. The summed E-state index contributed by atoms with van der Waals surface area (Å²) in [6.07, 6.45) is 2.04. The van der Waals surface area contributed by atoms with Crippen LogP contribution >= 0.6 is 22.9 Å². The normalized spacial score (nSPS) is 10.7. The van der Waals surface area contributed by atoms with Crippen LogP contribution in [0.4, 0.5) is 5.13 Å². The summed E-state index contributed by atoms with van der Waals surface area (Å²) in [5.74, 6) is -0.172. The largest absolute Gasteiger partial charge is 0.300 e. The molecule has 6 nitrogen and oxygen atoms in total. The van der Waals surface area contributed by atoms with Crippen LogP contribution in [0, 0.1) is 0 Å². The minimum Gasteiger partial charge on any atom is -0.300 e. The van der Waals surface area contributed by atoms with E-state index in [2.05, 4.69) is 15.5 Å². The standard InChI is InChI=1S/C19H14ClN5OS/c20-15-8-6-13(7-9-15)18-14(10-17(26)22-19-23-21-12-27-19)11-25(24-18)16-4-2-1-3-5-16/h1-9,11-12H,10H2,(H,22,23,26). The van der Waals surface area contributed by atoms with E-state index in [1.54, 1.807) is 10.2 Å². The Labute approximate surface area is 164 Å². The zero-order valence-corrected chi connectivity index (χ0v) is 15.6. The van der Waals surface area contributed by atoms with E-state index in [-0.39, 0.29) is 12.3 Å².